The molecule has 21 heavy (non-hydrogen) atoms. The highest BCUT2D eigenvalue weighted by molar-refractivity contribution is 5.78. The summed E-state index contributed by atoms with van der Waals surface area (Å²) in [6.45, 7) is 3.04. The molecule has 0 aliphatic carbocycles. The number of ether oxygens (including phenoxy) is 1. The maximum Gasteiger partial charge on any atom is 0.269 e. The number of benzene rings is 1. The number of hydrogen-bond acceptors (Lipinski definition) is 5. The molecule has 0 heterocycles. The van der Waals surface area contributed by atoms with Crippen molar-refractivity contribution in [2.45, 2.75) is 19.4 Å². The first-order chi connectivity index (χ1) is 10.1. The van der Waals surface area contributed by atoms with Crippen LogP contribution in [0.15, 0.2) is 24.3 Å². The fraction of sp³-hybridized carbons (Fsp3) is 0.500. The minimum atomic E-state index is -0.423. The van der Waals surface area contributed by atoms with Gasteiger partial charge in [0.05, 0.1) is 18.1 Å². The van der Waals surface area contributed by atoms with Crippen LogP contribution in [0.3, 0.4) is 0 Å². The van der Waals surface area contributed by atoms with Crippen LogP contribution in [0.25, 0.3) is 0 Å². The molecule has 7 heteroatoms. The van der Waals surface area contributed by atoms with Gasteiger partial charge in [-0.3, -0.25) is 14.9 Å². The van der Waals surface area contributed by atoms with E-state index >= 15 is 0 Å². The zero-order valence-corrected chi connectivity index (χ0v) is 12.3. The normalized spacial score (nSPS) is 11.9. The number of hydrogen-bond donors (Lipinski definition) is 2. The Morgan fingerprint density at radius 1 is 1.48 bits per heavy atom. The second kappa shape index (κ2) is 9.04. The van der Waals surface area contributed by atoms with E-state index in [1.165, 1.54) is 12.1 Å². The molecule has 1 atom stereocenters. The number of nitro benzene ring substituents is 1. The van der Waals surface area contributed by atoms with Gasteiger partial charge >= 0.3 is 0 Å². The highest BCUT2D eigenvalue weighted by Gasteiger charge is 2.14. The summed E-state index contributed by atoms with van der Waals surface area (Å²) in [4.78, 5) is 22.0. The molecule has 0 saturated heterocycles. The van der Waals surface area contributed by atoms with E-state index in [0.29, 0.717) is 13.2 Å². The predicted octanol–water partition coefficient (Wildman–Crippen LogP) is 1.40. The Balaban J connectivity index is 2.56. The van der Waals surface area contributed by atoms with E-state index in [4.69, 9.17) is 4.74 Å². The van der Waals surface area contributed by atoms with Gasteiger partial charge in [-0.25, -0.2) is 0 Å². The molecular formula is C14H21N3O4. The molecule has 116 valence electrons. The van der Waals surface area contributed by atoms with E-state index in [2.05, 4.69) is 10.6 Å². The average molecular weight is 295 g/mol. The number of non-ortho nitro benzene ring substituents is 1. The lowest BCUT2D eigenvalue weighted by molar-refractivity contribution is -0.384. The van der Waals surface area contributed by atoms with Gasteiger partial charge in [0.1, 0.15) is 0 Å². The highest BCUT2D eigenvalue weighted by atomic mass is 16.6. The molecular weight excluding hydrogens is 274 g/mol. The Kier molecular flexibility index (Phi) is 7.34. The summed E-state index contributed by atoms with van der Waals surface area (Å²) < 4.78 is 4.84. The molecule has 1 unspecified atom stereocenters. The van der Waals surface area contributed by atoms with E-state index in [1.54, 1.807) is 13.2 Å². The Morgan fingerprint density at radius 3 is 2.86 bits per heavy atom. The van der Waals surface area contributed by atoms with Crippen molar-refractivity contribution in [2.75, 3.05) is 26.8 Å². The van der Waals surface area contributed by atoms with E-state index in [1.807, 2.05) is 13.0 Å². The number of amides is 1. The number of nitrogens with one attached hydrogen (secondary N) is 2. The number of nitro groups is 1. The van der Waals surface area contributed by atoms with Crippen LogP contribution >= 0.6 is 0 Å². The van der Waals surface area contributed by atoms with Crippen molar-refractivity contribution in [1.82, 2.24) is 10.6 Å². The fourth-order valence-corrected chi connectivity index (χ4v) is 1.92. The van der Waals surface area contributed by atoms with E-state index < -0.39 is 4.92 Å². The molecule has 2 N–H and O–H groups in total. The molecule has 7 nitrogen and oxygen atoms in total. The number of nitrogens with zero attached hydrogens (tertiary/aromatic N) is 1. The lowest BCUT2D eigenvalue weighted by Gasteiger charge is -2.17. The quantitative estimate of drug-likeness (QED) is 0.408. The molecule has 1 aromatic carbocycles. The molecule has 1 rings (SSSR count). The molecule has 0 spiro atoms. The van der Waals surface area contributed by atoms with Gasteiger partial charge in [0.25, 0.3) is 5.69 Å². The van der Waals surface area contributed by atoms with Crippen LogP contribution in [0.2, 0.25) is 0 Å². The lowest BCUT2D eigenvalue weighted by Crippen LogP contribution is -2.37. The van der Waals surface area contributed by atoms with Gasteiger partial charge in [-0.15, -0.1) is 0 Å². The van der Waals surface area contributed by atoms with Crippen molar-refractivity contribution in [3.05, 3.63) is 39.9 Å². The van der Waals surface area contributed by atoms with Crippen molar-refractivity contribution in [2.24, 2.45) is 0 Å². The summed E-state index contributed by atoms with van der Waals surface area (Å²) in [7, 11) is 1.57. The summed E-state index contributed by atoms with van der Waals surface area (Å²) in [5.74, 6) is -0.129. The van der Waals surface area contributed by atoms with Crippen LogP contribution in [-0.4, -0.2) is 37.6 Å². The molecule has 0 aliphatic rings. The average Bonchev–Trinajstić information content (AvgIpc) is 2.48. The Morgan fingerprint density at radius 2 is 2.24 bits per heavy atom. The second-order valence-corrected chi connectivity index (χ2v) is 4.54. The van der Waals surface area contributed by atoms with E-state index in [0.717, 1.165) is 12.0 Å². The van der Waals surface area contributed by atoms with Gasteiger partial charge in [0, 0.05) is 31.8 Å². The molecule has 0 radical (unpaired) electrons. The maximum absolute atomic E-state index is 11.6. The lowest BCUT2D eigenvalue weighted by atomic mass is 10.0. The van der Waals surface area contributed by atoms with Crippen LogP contribution in [0.5, 0.6) is 0 Å². The third-order valence-corrected chi connectivity index (χ3v) is 3.03. The summed E-state index contributed by atoms with van der Waals surface area (Å²) in [6.07, 6.45) is 0.729. The minimum Gasteiger partial charge on any atom is -0.383 e. The van der Waals surface area contributed by atoms with Gasteiger partial charge in [0.2, 0.25) is 5.91 Å². The summed E-state index contributed by atoms with van der Waals surface area (Å²) in [5, 5.41) is 16.6. The van der Waals surface area contributed by atoms with Gasteiger partial charge in [-0.2, -0.15) is 0 Å². The van der Waals surface area contributed by atoms with E-state index in [-0.39, 0.29) is 24.2 Å². The molecule has 0 bridgehead atoms. The standard InChI is InChI=1S/C14H21N3O4/c1-3-13(16-10-14(18)15-7-8-21-2)11-5-4-6-12(9-11)17(19)20/h4-6,9,13,16H,3,7-8,10H2,1-2H3,(H,15,18). The first-order valence-corrected chi connectivity index (χ1v) is 6.81. The SMILES string of the molecule is CCC(NCC(=O)NCCOC)c1cccc([N+](=O)[O-])c1. The number of carbonyl (C=O) groups is 1. The zero-order chi connectivity index (χ0) is 15.7. The smallest absolute Gasteiger partial charge is 0.269 e. The van der Waals surface area contributed by atoms with Gasteiger partial charge in [-0.05, 0) is 12.0 Å². The van der Waals surface area contributed by atoms with Crippen molar-refractivity contribution >= 4 is 11.6 Å². The fourth-order valence-electron chi connectivity index (χ4n) is 1.92. The predicted molar refractivity (Wildman–Crippen MR) is 79.0 cm³/mol. The molecule has 0 aliphatic heterocycles. The molecule has 0 saturated carbocycles. The number of carbonyl (C=O) groups excluding carboxylic acids is 1. The van der Waals surface area contributed by atoms with Crippen LogP contribution in [0.1, 0.15) is 24.9 Å². The Bertz CT molecular complexity index is 479. The topological polar surface area (TPSA) is 93.5 Å². The maximum atomic E-state index is 11.6. The summed E-state index contributed by atoms with van der Waals surface area (Å²) in [6, 6.07) is 6.35. The molecule has 1 aromatic rings. The second-order valence-electron chi connectivity index (χ2n) is 4.54. The monoisotopic (exact) mass is 295 g/mol. The Hall–Kier alpha value is -1.99. The summed E-state index contributed by atoms with van der Waals surface area (Å²) in [5.41, 5.74) is 0.855. The summed E-state index contributed by atoms with van der Waals surface area (Å²) >= 11 is 0. The van der Waals surface area contributed by atoms with Crippen molar-refractivity contribution in [3.8, 4) is 0 Å². The van der Waals surface area contributed by atoms with E-state index in [9.17, 15) is 14.9 Å². The first kappa shape index (κ1) is 17.1. The van der Waals surface area contributed by atoms with Crippen molar-refractivity contribution in [3.63, 3.8) is 0 Å². The van der Waals surface area contributed by atoms with Crippen molar-refractivity contribution < 1.29 is 14.5 Å². The third-order valence-electron chi connectivity index (χ3n) is 3.03. The van der Waals surface area contributed by atoms with Gasteiger partial charge < -0.3 is 15.4 Å². The van der Waals surface area contributed by atoms with Crippen LogP contribution in [0, 0.1) is 10.1 Å². The van der Waals surface area contributed by atoms with Crippen LogP contribution < -0.4 is 10.6 Å². The van der Waals surface area contributed by atoms with Crippen molar-refractivity contribution in [1.29, 1.82) is 0 Å². The number of methoxy groups -OCH3 is 1. The molecule has 1 amide bonds. The van der Waals surface area contributed by atoms with Gasteiger partial charge in [-0.1, -0.05) is 19.1 Å². The highest BCUT2D eigenvalue weighted by Crippen LogP contribution is 2.21. The zero-order valence-electron chi connectivity index (χ0n) is 12.3. The Labute approximate surface area is 123 Å². The minimum absolute atomic E-state index is 0.0531. The molecule has 0 aromatic heterocycles. The third kappa shape index (κ3) is 5.88. The number of rotatable bonds is 9. The van der Waals surface area contributed by atoms with Crippen LogP contribution in [-0.2, 0) is 9.53 Å². The van der Waals surface area contributed by atoms with Gasteiger partial charge in [0.15, 0.2) is 0 Å². The van der Waals surface area contributed by atoms with Crippen LogP contribution in [0.4, 0.5) is 5.69 Å². The molecule has 0 fully saturated rings. The first-order valence-electron chi connectivity index (χ1n) is 6.81. The largest absolute Gasteiger partial charge is 0.383 e.